The summed E-state index contributed by atoms with van der Waals surface area (Å²) in [6.07, 6.45) is 13.7. The van der Waals surface area contributed by atoms with E-state index in [9.17, 15) is 9.59 Å². The Morgan fingerprint density at radius 1 is 0.784 bits per heavy atom. The van der Waals surface area contributed by atoms with Gasteiger partial charge in [-0.15, -0.1) is 0 Å². The molecule has 0 bridgehead atoms. The van der Waals surface area contributed by atoms with E-state index < -0.39 is 0 Å². The van der Waals surface area contributed by atoms with Crippen LogP contribution in [0.5, 0.6) is 0 Å². The van der Waals surface area contributed by atoms with Gasteiger partial charge >= 0.3 is 0 Å². The van der Waals surface area contributed by atoms with E-state index in [2.05, 4.69) is 15.3 Å². The van der Waals surface area contributed by atoms with Gasteiger partial charge in [-0.1, -0.05) is 60.7 Å². The van der Waals surface area contributed by atoms with Gasteiger partial charge in [0.05, 0.1) is 19.1 Å². The Labute approximate surface area is 223 Å². The van der Waals surface area contributed by atoms with Crippen LogP contribution < -0.4 is 11.1 Å². The molecule has 2 heterocycles. The number of carbonyl (C=O) groups excluding carboxylic acids is 2. The molecule has 0 atom stereocenters. The Morgan fingerprint density at radius 2 is 1.30 bits per heavy atom. The number of hydrogen-bond acceptors (Lipinski definition) is 5. The number of amides is 1. The average molecular weight is 523 g/mol. The summed E-state index contributed by atoms with van der Waals surface area (Å²) in [7, 11) is 0. The van der Waals surface area contributed by atoms with E-state index in [-0.39, 0.29) is 11.1 Å². The molecule has 0 aliphatic carbocycles. The van der Waals surface area contributed by atoms with Gasteiger partial charge in [-0.05, 0) is 42.1 Å². The van der Waals surface area contributed by atoms with Crippen molar-refractivity contribution in [2.24, 2.45) is 5.73 Å². The number of imidazole rings is 2. The fraction of sp³-hybridized carbons (Fsp3) is 0.286. The minimum atomic E-state index is -0.314. The molecule has 0 saturated heterocycles. The van der Waals surface area contributed by atoms with Crippen LogP contribution in [0.1, 0.15) is 24.0 Å². The minimum Gasteiger partial charge on any atom is -0.356 e. The van der Waals surface area contributed by atoms with Gasteiger partial charge in [-0.2, -0.15) is 0 Å². The van der Waals surface area contributed by atoms with Crippen LogP contribution in [0, 0.1) is 0 Å². The van der Waals surface area contributed by atoms with Crippen LogP contribution in [0.25, 0.3) is 0 Å². The first-order chi connectivity index (χ1) is 18.1. The molecule has 9 heteroatoms. The number of hydrogen-bond donors (Lipinski definition) is 2. The summed E-state index contributed by atoms with van der Waals surface area (Å²) in [6, 6.07) is 19.2. The second kappa shape index (κ2) is 18.5. The molecule has 2 aromatic heterocycles. The maximum Gasteiger partial charge on any atom is 0.226 e. The fourth-order valence-corrected chi connectivity index (χ4v) is 3.36. The van der Waals surface area contributed by atoms with E-state index >= 15 is 0 Å². The first-order valence-electron chi connectivity index (χ1n) is 12.2. The Kier molecular flexibility index (Phi) is 14.7. The lowest BCUT2D eigenvalue weighted by molar-refractivity contribution is -0.120. The SMILES string of the molecule is NCCCn1ccnc1.O=C(Cc1ccccc1)NCCCn1ccnc1.O=C(Cl)Cc1ccccc1. The molecule has 0 saturated carbocycles. The molecule has 0 radical (unpaired) electrons. The van der Waals surface area contributed by atoms with Gasteiger partial charge in [-0.25, -0.2) is 9.97 Å². The average Bonchev–Trinajstić information content (AvgIpc) is 3.62. The summed E-state index contributed by atoms with van der Waals surface area (Å²) in [4.78, 5) is 29.9. The molecule has 0 aliphatic heterocycles. The van der Waals surface area contributed by atoms with Crippen LogP contribution in [0.4, 0.5) is 0 Å². The van der Waals surface area contributed by atoms with Crippen molar-refractivity contribution in [3.8, 4) is 0 Å². The number of aryl methyl sites for hydroxylation is 2. The van der Waals surface area contributed by atoms with Crippen molar-refractivity contribution < 1.29 is 9.59 Å². The standard InChI is InChI=1S/C14H17N3O.C8H7ClO.C6H11N3/c18-14(11-13-5-2-1-3-6-13)16-7-4-9-17-10-8-15-12-17;9-8(10)6-7-4-2-1-3-5-7;7-2-1-4-9-5-3-8-6-9/h1-3,5-6,8,10,12H,4,7,9,11H2,(H,16,18);1-5H,6H2;3,5-6H,1-2,4,7H2. The van der Waals surface area contributed by atoms with E-state index in [1.165, 1.54) is 0 Å². The molecule has 3 N–H and O–H groups in total. The van der Waals surface area contributed by atoms with Crippen molar-refractivity contribution in [2.45, 2.75) is 38.8 Å². The van der Waals surface area contributed by atoms with Crippen molar-refractivity contribution in [1.29, 1.82) is 0 Å². The van der Waals surface area contributed by atoms with Crippen LogP contribution >= 0.6 is 11.6 Å². The highest BCUT2D eigenvalue weighted by molar-refractivity contribution is 6.63. The van der Waals surface area contributed by atoms with Gasteiger partial charge in [0, 0.05) is 50.8 Å². The molecule has 0 unspecified atom stereocenters. The van der Waals surface area contributed by atoms with Crippen LogP contribution in [-0.2, 0) is 35.5 Å². The van der Waals surface area contributed by atoms with Gasteiger partial charge < -0.3 is 20.2 Å². The third-order valence-electron chi connectivity index (χ3n) is 5.05. The third kappa shape index (κ3) is 14.4. The normalized spacial score (nSPS) is 9.89. The van der Waals surface area contributed by atoms with Crippen LogP contribution in [0.15, 0.2) is 98.1 Å². The zero-order chi connectivity index (χ0) is 26.6. The van der Waals surface area contributed by atoms with E-state index in [0.717, 1.165) is 43.6 Å². The first-order valence-corrected chi connectivity index (χ1v) is 12.6. The number of rotatable bonds is 11. The third-order valence-corrected chi connectivity index (χ3v) is 5.18. The van der Waals surface area contributed by atoms with Crippen molar-refractivity contribution >= 4 is 22.8 Å². The number of halogens is 1. The topological polar surface area (TPSA) is 108 Å². The summed E-state index contributed by atoms with van der Waals surface area (Å²) < 4.78 is 4.02. The van der Waals surface area contributed by atoms with Gasteiger partial charge in [0.1, 0.15) is 0 Å². The molecular formula is C28H35ClN6O2. The Balaban J connectivity index is 0.000000214. The van der Waals surface area contributed by atoms with Crippen molar-refractivity contribution in [3.05, 3.63) is 109 Å². The smallest absolute Gasteiger partial charge is 0.226 e. The lowest BCUT2D eigenvalue weighted by Crippen LogP contribution is -2.26. The molecule has 37 heavy (non-hydrogen) atoms. The van der Waals surface area contributed by atoms with Gasteiger partial charge in [0.2, 0.25) is 11.1 Å². The molecule has 0 fully saturated rings. The molecule has 8 nitrogen and oxygen atoms in total. The summed E-state index contributed by atoms with van der Waals surface area (Å²) in [5.41, 5.74) is 7.32. The highest BCUT2D eigenvalue weighted by Gasteiger charge is 2.01. The molecule has 1 amide bonds. The van der Waals surface area contributed by atoms with Crippen molar-refractivity contribution in [3.63, 3.8) is 0 Å². The van der Waals surface area contributed by atoms with Crippen molar-refractivity contribution in [1.82, 2.24) is 24.4 Å². The number of nitrogens with one attached hydrogen (secondary N) is 1. The van der Waals surface area contributed by atoms with Gasteiger partial charge in [0.15, 0.2) is 0 Å². The number of nitrogens with two attached hydrogens (primary N) is 1. The molecule has 0 spiro atoms. The van der Waals surface area contributed by atoms with E-state index in [0.29, 0.717) is 19.4 Å². The molecule has 2 aromatic carbocycles. The monoisotopic (exact) mass is 522 g/mol. The largest absolute Gasteiger partial charge is 0.356 e. The highest BCUT2D eigenvalue weighted by atomic mass is 35.5. The quantitative estimate of drug-likeness (QED) is 0.230. The zero-order valence-electron chi connectivity index (χ0n) is 21.0. The highest BCUT2D eigenvalue weighted by Crippen LogP contribution is 2.01. The van der Waals surface area contributed by atoms with E-state index in [4.69, 9.17) is 17.3 Å². The van der Waals surface area contributed by atoms with Gasteiger partial charge in [0.25, 0.3) is 0 Å². The maximum atomic E-state index is 11.6. The van der Waals surface area contributed by atoms with Crippen LogP contribution in [0.2, 0.25) is 0 Å². The van der Waals surface area contributed by atoms with Gasteiger partial charge in [-0.3, -0.25) is 9.59 Å². The van der Waals surface area contributed by atoms with Crippen LogP contribution in [0.3, 0.4) is 0 Å². The Bertz CT molecular complexity index is 1100. The molecule has 4 rings (SSSR count). The number of carbonyl (C=O) groups is 2. The number of nitrogens with zero attached hydrogens (tertiary/aromatic N) is 4. The number of benzene rings is 2. The summed E-state index contributed by atoms with van der Waals surface area (Å²) in [5, 5.41) is 2.61. The summed E-state index contributed by atoms with van der Waals surface area (Å²) in [5.74, 6) is 0.0758. The van der Waals surface area contributed by atoms with E-state index in [1.807, 2.05) is 82.2 Å². The zero-order valence-corrected chi connectivity index (χ0v) is 21.7. The summed E-state index contributed by atoms with van der Waals surface area (Å²) in [6.45, 7) is 3.31. The Hall–Kier alpha value is -3.75. The molecule has 4 aromatic rings. The first kappa shape index (κ1) is 29.5. The second-order valence-corrected chi connectivity index (χ2v) is 8.55. The van der Waals surface area contributed by atoms with Crippen molar-refractivity contribution in [2.75, 3.05) is 13.1 Å². The fourth-order valence-electron chi connectivity index (χ4n) is 3.20. The molecule has 0 aliphatic rings. The van der Waals surface area contributed by atoms with Crippen LogP contribution in [-0.4, -0.2) is 43.3 Å². The lowest BCUT2D eigenvalue weighted by Gasteiger charge is -2.05. The minimum absolute atomic E-state index is 0.0758. The predicted octanol–water partition coefficient (Wildman–Crippen LogP) is 3.86. The lowest BCUT2D eigenvalue weighted by atomic mass is 10.1. The number of aromatic nitrogens is 4. The van der Waals surface area contributed by atoms with E-state index in [1.54, 1.807) is 25.0 Å². The summed E-state index contributed by atoms with van der Waals surface area (Å²) >= 11 is 5.17. The Morgan fingerprint density at radius 3 is 1.76 bits per heavy atom. The molecule has 196 valence electrons. The second-order valence-electron chi connectivity index (χ2n) is 8.13. The molecular weight excluding hydrogens is 488 g/mol. The predicted molar refractivity (Wildman–Crippen MR) is 147 cm³/mol. The maximum absolute atomic E-state index is 11.6.